The van der Waals surface area contributed by atoms with Gasteiger partial charge in [0.2, 0.25) is 0 Å². The van der Waals surface area contributed by atoms with E-state index in [9.17, 15) is 0 Å². The van der Waals surface area contributed by atoms with Crippen LogP contribution in [-0.2, 0) is 6.54 Å². The van der Waals surface area contributed by atoms with Gasteiger partial charge in [-0.05, 0) is 37.1 Å². The van der Waals surface area contributed by atoms with E-state index >= 15 is 0 Å². The molecule has 1 aromatic rings. The number of guanidine groups is 1. The van der Waals surface area contributed by atoms with Crippen molar-refractivity contribution in [1.82, 2.24) is 20.4 Å². The lowest BCUT2D eigenvalue weighted by Crippen LogP contribution is -2.48. The summed E-state index contributed by atoms with van der Waals surface area (Å²) >= 11 is 6.05. The zero-order valence-electron chi connectivity index (χ0n) is 16.5. The van der Waals surface area contributed by atoms with Crippen molar-refractivity contribution >= 4 is 17.6 Å². The summed E-state index contributed by atoms with van der Waals surface area (Å²) in [6.45, 7) is 16.1. The molecule has 6 heteroatoms. The van der Waals surface area contributed by atoms with E-state index in [1.807, 2.05) is 18.2 Å². The summed E-state index contributed by atoms with van der Waals surface area (Å²) in [5, 5.41) is 7.57. The quantitative estimate of drug-likeness (QED) is 0.538. The molecule has 1 aliphatic rings. The van der Waals surface area contributed by atoms with Crippen molar-refractivity contribution in [2.24, 2.45) is 10.9 Å². The maximum Gasteiger partial charge on any atom is 0.191 e. The third-order valence-corrected chi connectivity index (χ3v) is 4.99. The van der Waals surface area contributed by atoms with Gasteiger partial charge in [-0.1, -0.05) is 37.6 Å². The molecule has 1 fully saturated rings. The number of aliphatic imine (C=N–C) groups is 1. The number of benzene rings is 1. The molecule has 5 nitrogen and oxygen atoms in total. The molecule has 0 radical (unpaired) electrons. The number of hydrogen-bond donors (Lipinski definition) is 2. The van der Waals surface area contributed by atoms with E-state index in [1.54, 1.807) is 0 Å². The zero-order valence-corrected chi connectivity index (χ0v) is 17.2. The lowest BCUT2D eigenvalue weighted by Gasteiger charge is -2.35. The number of piperazine rings is 1. The van der Waals surface area contributed by atoms with Crippen molar-refractivity contribution in [3.63, 3.8) is 0 Å². The topological polar surface area (TPSA) is 42.9 Å². The fourth-order valence-corrected chi connectivity index (χ4v) is 3.42. The van der Waals surface area contributed by atoms with Gasteiger partial charge in [-0.2, -0.15) is 0 Å². The summed E-state index contributed by atoms with van der Waals surface area (Å²) in [6.07, 6.45) is 0. The van der Waals surface area contributed by atoms with Crippen LogP contribution in [0, 0.1) is 5.92 Å². The van der Waals surface area contributed by atoms with Gasteiger partial charge in [0.15, 0.2) is 5.96 Å². The summed E-state index contributed by atoms with van der Waals surface area (Å²) in [7, 11) is 0. The van der Waals surface area contributed by atoms with Gasteiger partial charge < -0.3 is 20.4 Å². The molecule has 0 bridgehead atoms. The highest BCUT2D eigenvalue weighted by Crippen LogP contribution is 2.11. The minimum Gasteiger partial charge on any atom is -0.357 e. The van der Waals surface area contributed by atoms with Crippen LogP contribution in [0.2, 0.25) is 5.02 Å². The Morgan fingerprint density at radius 3 is 2.54 bits per heavy atom. The molecule has 0 amide bonds. The second-order valence-corrected chi connectivity index (χ2v) is 7.48. The normalized spacial score (nSPS) is 17.9. The fraction of sp³-hybridized carbons (Fsp3) is 0.650. The predicted octanol–water partition coefficient (Wildman–Crippen LogP) is 2.67. The highest BCUT2D eigenvalue weighted by Gasteiger charge is 2.17. The zero-order chi connectivity index (χ0) is 18.8. The summed E-state index contributed by atoms with van der Waals surface area (Å²) in [4.78, 5) is 9.78. The van der Waals surface area contributed by atoms with Crippen LogP contribution in [0.4, 0.5) is 0 Å². The SMILES string of the molecule is CCNC(=NCc1cccc(Cl)c1)NCC(C)CN1CCN(CC)CC1. The Balaban J connectivity index is 1.77. The highest BCUT2D eigenvalue weighted by atomic mass is 35.5. The van der Waals surface area contributed by atoms with E-state index in [1.165, 1.54) is 32.7 Å². The summed E-state index contributed by atoms with van der Waals surface area (Å²) in [5.74, 6) is 1.45. The Kier molecular flexibility index (Phi) is 9.23. The number of halogens is 1. The summed E-state index contributed by atoms with van der Waals surface area (Å²) in [5.41, 5.74) is 1.12. The van der Waals surface area contributed by atoms with E-state index in [0.29, 0.717) is 12.5 Å². The number of rotatable bonds is 8. The molecular weight excluding hydrogens is 346 g/mol. The molecule has 1 atom stereocenters. The second-order valence-electron chi connectivity index (χ2n) is 7.05. The molecule has 0 spiro atoms. The molecule has 1 unspecified atom stereocenters. The van der Waals surface area contributed by atoms with E-state index < -0.39 is 0 Å². The summed E-state index contributed by atoms with van der Waals surface area (Å²) < 4.78 is 0. The van der Waals surface area contributed by atoms with Gasteiger partial charge in [0.05, 0.1) is 6.54 Å². The molecule has 0 aromatic heterocycles. The molecule has 1 heterocycles. The first-order valence-electron chi connectivity index (χ1n) is 9.82. The minimum absolute atomic E-state index is 0.582. The molecule has 1 saturated heterocycles. The van der Waals surface area contributed by atoms with Gasteiger partial charge in [-0.15, -0.1) is 0 Å². The van der Waals surface area contributed by atoms with Gasteiger partial charge in [0.1, 0.15) is 0 Å². The Labute approximate surface area is 163 Å². The molecule has 26 heavy (non-hydrogen) atoms. The Morgan fingerprint density at radius 2 is 1.88 bits per heavy atom. The number of likely N-dealkylation sites (N-methyl/N-ethyl adjacent to an activating group) is 1. The van der Waals surface area contributed by atoms with Gasteiger partial charge in [-0.25, -0.2) is 4.99 Å². The first-order chi connectivity index (χ1) is 12.6. The van der Waals surface area contributed by atoms with Crippen molar-refractivity contribution < 1.29 is 0 Å². The molecule has 1 aliphatic heterocycles. The molecular formula is C20H34ClN5. The van der Waals surface area contributed by atoms with E-state index in [2.05, 4.69) is 52.3 Å². The number of nitrogens with zero attached hydrogens (tertiary/aromatic N) is 3. The van der Waals surface area contributed by atoms with Crippen molar-refractivity contribution in [2.45, 2.75) is 27.3 Å². The Hall–Kier alpha value is -1.30. The first-order valence-corrected chi connectivity index (χ1v) is 10.2. The van der Waals surface area contributed by atoms with Crippen LogP contribution in [0.15, 0.2) is 29.3 Å². The molecule has 0 saturated carbocycles. The first kappa shape index (κ1) is 21.0. The monoisotopic (exact) mass is 379 g/mol. The Bertz CT molecular complexity index is 555. The smallest absolute Gasteiger partial charge is 0.191 e. The Morgan fingerprint density at radius 1 is 1.15 bits per heavy atom. The molecule has 2 rings (SSSR count). The van der Waals surface area contributed by atoms with Crippen molar-refractivity contribution in [3.8, 4) is 0 Å². The maximum atomic E-state index is 6.05. The fourth-order valence-electron chi connectivity index (χ4n) is 3.21. The van der Waals surface area contributed by atoms with E-state index in [-0.39, 0.29) is 0 Å². The standard InChI is InChI=1S/C20H34ClN5/c1-4-22-20(24-15-18-7-6-8-19(21)13-18)23-14-17(3)16-26-11-9-25(5-2)10-12-26/h6-8,13,17H,4-5,9-12,14-16H2,1-3H3,(H2,22,23,24). The van der Waals surface area contributed by atoms with Crippen molar-refractivity contribution in [2.75, 3.05) is 52.4 Å². The third-order valence-electron chi connectivity index (χ3n) is 4.75. The number of nitrogens with one attached hydrogen (secondary N) is 2. The van der Waals surface area contributed by atoms with Gasteiger partial charge >= 0.3 is 0 Å². The van der Waals surface area contributed by atoms with Crippen LogP contribution in [0.3, 0.4) is 0 Å². The van der Waals surface area contributed by atoms with Crippen LogP contribution in [0.25, 0.3) is 0 Å². The minimum atomic E-state index is 0.582. The van der Waals surface area contributed by atoms with E-state index in [4.69, 9.17) is 11.6 Å². The third kappa shape index (κ3) is 7.52. The highest BCUT2D eigenvalue weighted by molar-refractivity contribution is 6.30. The van der Waals surface area contributed by atoms with Crippen LogP contribution >= 0.6 is 11.6 Å². The molecule has 2 N–H and O–H groups in total. The van der Waals surface area contributed by atoms with Gasteiger partial charge in [0.25, 0.3) is 0 Å². The maximum absolute atomic E-state index is 6.05. The van der Waals surface area contributed by atoms with Crippen LogP contribution in [0.5, 0.6) is 0 Å². The predicted molar refractivity (Wildman–Crippen MR) is 112 cm³/mol. The van der Waals surface area contributed by atoms with Gasteiger partial charge in [-0.3, -0.25) is 0 Å². The average Bonchev–Trinajstić information content (AvgIpc) is 2.65. The summed E-state index contributed by atoms with van der Waals surface area (Å²) in [6, 6.07) is 7.87. The largest absolute Gasteiger partial charge is 0.357 e. The van der Waals surface area contributed by atoms with E-state index in [0.717, 1.165) is 36.2 Å². The average molecular weight is 380 g/mol. The molecule has 0 aliphatic carbocycles. The lowest BCUT2D eigenvalue weighted by molar-refractivity contribution is 0.124. The van der Waals surface area contributed by atoms with Crippen LogP contribution < -0.4 is 10.6 Å². The van der Waals surface area contributed by atoms with Crippen molar-refractivity contribution in [1.29, 1.82) is 0 Å². The van der Waals surface area contributed by atoms with Crippen LogP contribution in [0.1, 0.15) is 26.3 Å². The van der Waals surface area contributed by atoms with Crippen LogP contribution in [-0.4, -0.2) is 68.1 Å². The lowest BCUT2D eigenvalue weighted by atomic mass is 10.1. The number of hydrogen-bond acceptors (Lipinski definition) is 3. The van der Waals surface area contributed by atoms with Gasteiger partial charge in [0, 0.05) is 50.8 Å². The molecule has 146 valence electrons. The molecule has 1 aromatic carbocycles. The second kappa shape index (κ2) is 11.4. The van der Waals surface area contributed by atoms with Crippen molar-refractivity contribution in [3.05, 3.63) is 34.9 Å².